The Bertz CT molecular complexity index is 891. The zero-order valence-electron chi connectivity index (χ0n) is 15.2. The Balaban J connectivity index is 1.78. The van der Waals surface area contributed by atoms with E-state index >= 15 is 0 Å². The molecule has 0 spiro atoms. The van der Waals surface area contributed by atoms with Gasteiger partial charge in [-0.1, -0.05) is 23.2 Å². The number of alkyl halides is 3. The summed E-state index contributed by atoms with van der Waals surface area (Å²) in [5, 5.41) is 12.1. The van der Waals surface area contributed by atoms with Gasteiger partial charge in [-0.15, -0.1) is 0 Å². The summed E-state index contributed by atoms with van der Waals surface area (Å²) in [5.74, 6) is -0.445. The van der Waals surface area contributed by atoms with Gasteiger partial charge in [-0.2, -0.15) is 13.2 Å². The molecular formula is C20H18Cl2F3NO3. The molecule has 1 aliphatic carbocycles. The molecule has 29 heavy (non-hydrogen) atoms. The lowest BCUT2D eigenvalue weighted by Gasteiger charge is -2.15. The van der Waals surface area contributed by atoms with Crippen molar-refractivity contribution in [2.45, 2.75) is 32.0 Å². The number of hydrogen-bond donors (Lipinski definition) is 2. The van der Waals surface area contributed by atoms with Crippen LogP contribution in [0.25, 0.3) is 0 Å². The Morgan fingerprint density at radius 1 is 1.10 bits per heavy atom. The number of anilines is 1. The standard InChI is InChI=1S/C20H18Cl2F3NO3/c21-16-5-12(7-18(27)28)6-17(22)19(16)29-10-13-3-14(20(23,24)25)8-15(4-13)26-9-11-1-2-11/h3-6,8,11,26H,1-2,7,9-10H2,(H,27,28). The van der Waals surface area contributed by atoms with Crippen LogP contribution in [0.2, 0.25) is 10.0 Å². The molecule has 4 nitrogen and oxygen atoms in total. The molecule has 1 fully saturated rings. The summed E-state index contributed by atoms with van der Waals surface area (Å²) in [4.78, 5) is 10.8. The Morgan fingerprint density at radius 2 is 1.76 bits per heavy atom. The highest BCUT2D eigenvalue weighted by molar-refractivity contribution is 6.37. The molecule has 2 aromatic carbocycles. The van der Waals surface area contributed by atoms with E-state index in [-0.39, 0.29) is 28.8 Å². The molecule has 1 aliphatic rings. The van der Waals surface area contributed by atoms with Gasteiger partial charge in [0, 0.05) is 12.2 Å². The largest absolute Gasteiger partial charge is 0.486 e. The van der Waals surface area contributed by atoms with E-state index in [4.69, 9.17) is 33.0 Å². The summed E-state index contributed by atoms with van der Waals surface area (Å²) in [6.45, 7) is 0.448. The zero-order chi connectivity index (χ0) is 21.2. The number of nitrogens with one attached hydrogen (secondary N) is 1. The van der Waals surface area contributed by atoms with Gasteiger partial charge in [0.2, 0.25) is 0 Å². The highest BCUT2D eigenvalue weighted by Crippen LogP contribution is 2.37. The lowest BCUT2D eigenvalue weighted by molar-refractivity contribution is -0.138. The first-order chi connectivity index (χ1) is 13.6. The molecule has 0 unspecified atom stereocenters. The molecule has 9 heteroatoms. The van der Waals surface area contributed by atoms with Crippen LogP contribution in [0.5, 0.6) is 5.75 Å². The fourth-order valence-corrected chi connectivity index (χ4v) is 3.45. The number of aliphatic carboxylic acids is 1. The average molecular weight is 448 g/mol. The van der Waals surface area contributed by atoms with Crippen LogP contribution in [-0.2, 0) is 24.0 Å². The van der Waals surface area contributed by atoms with Crippen LogP contribution in [0.1, 0.15) is 29.5 Å². The van der Waals surface area contributed by atoms with Crippen LogP contribution in [0.15, 0.2) is 30.3 Å². The second-order valence-corrected chi connectivity index (χ2v) is 7.80. The number of ether oxygens (including phenoxy) is 1. The number of carbonyl (C=O) groups is 1. The van der Waals surface area contributed by atoms with Crippen molar-refractivity contribution in [1.82, 2.24) is 0 Å². The summed E-state index contributed by atoms with van der Waals surface area (Å²) in [7, 11) is 0. The van der Waals surface area contributed by atoms with E-state index in [9.17, 15) is 18.0 Å². The van der Waals surface area contributed by atoms with Crippen LogP contribution in [0.3, 0.4) is 0 Å². The minimum absolute atomic E-state index is 0.0902. The van der Waals surface area contributed by atoms with E-state index in [1.54, 1.807) is 6.07 Å². The third kappa shape index (κ3) is 6.18. The maximum Gasteiger partial charge on any atom is 0.416 e. The highest BCUT2D eigenvalue weighted by atomic mass is 35.5. The molecule has 0 atom stereocenters. The fourth-order valence-electron chi connectivity index (χ4n) is 2.81. The number of hydrogen-bond acceptors (Lipinski definition) is 3. The number of benzene rings is 2. The van der Waals surface area contributed by atoms with Crippen molar-refractivity contribution >= 4 is 34.9 Å². The highest BCUT2D eigenvalue weighted by Gasteiger charge is 2.31. The predicted octanol–water partition coefficient (Wildman–Crippen LogP) is 6.04. The molecule has 1 saturated carbocycles. The van der Waals surface area contributed by atoms with Crippen molar-refractivity contribution in [3.8, 4) is 5.75 Å². The van der Waals surface area contributed by atoms with E-state index in [1.165, 1.54) is 12.1 Å². The minimum atomic E-state index is -4.49. The first-order valence-corrected chi connectivity index (χ1v) is 9.65. The van der Waals surface area contributed by atoms with E-state index in [1.807, 2.05) is 0 Å². The molecule has 0 saturated heterocycles. The van der Waals surface area contributed by atoms with Crippen molar-refractivity contribution in [2.75, 3.05) is 11.9 Å². The lowest BCUT2D eigenvalue weighted by Crippen LogP contribution is -2.10. The van der Waals surface area contributed by atoms with Gasteiger partial charge in [-0.3, -0.25) is 4.79 Å². The monoisotopic (exact) mass is 447 g/mol. The Labute approximate surface area is 175 Å². The van der Waals surface area contributed by atoms with Gasteiger partial charge in [-0.25, -0.2) is 0 Å². The molecule has 0 heterocycles. The molecule has 156 valence electrons. The van der Waals surface area contributed by atoms with Gasteiger partial charge in [-0.05, 0) is 60.2 Å². The second-order valence-electron chi connectivity index (χ2n) is 6.99. The summed E-state index contributed by atoms with van der Waals surface area (Å²) in [6.07, 6.45) is -2.59. The molecule has 2 aromatic rings. The number of carboxylic acid groups (broad SMARTS) is 1. The molecule has 0 aromatic heterocycles. The molecular weight excluding hydrogens is 430 g/mol. The van der Waals surface area contributed by atoms with Gasteiger partial charge >= 0.3 is 12.1 Å². The van der Waals surface area contributed by atoms with Crippen LogP contribution < -0.4 is 10.1 Å². The number of rotatable bonds is 8. The van der Waals surface area contributed by atoms with Crippen molar-refractivity contribution in [1.29, 1.82) is 0 Å². The molecule has 0 amide bonds. The maximum absolute atomic E-state index is 13.2. The third-order valence-electron chi connectivity index (χ3n) is 4.41. The van der Waals surface area contributed by atoms with Crippen molar-refractivity contribution in [3.05, 3.63) is 57.1 Å². The summed E-state index contributed by atoms with van der Waals surface area (Å²) in [5.41, 5.74) is 0.301. The summed E-state index contributed by atoms with van der Waals surface area (Å²) in [6, 6.07) is 6.50. The first-order valence-electron chi connectivity index (χ1n) is 8.89. The molecule has 0 radical (unpaired) electrons. The van der Waals surface area contributed by atoms with Crippen molar-refractivity contribution in [2.24, 2.45) is 5.92 Å². The molecule has 0 bridgehead atoms. The van der Waals surface area contributed by atoms with E-state index in [0.717, 1.165) is 25.0 Å². The van der Waals surface area contributed by atoms with Gasteiger partial charge in [0.15, 0.2) is 5.75 Å². The van der Waals surface area contributed by atoms with E-state index in [2.05, 4.69) is 5.32 Å². The van der Waals surface area contributed by atoms with Gasteiger partial charge in [0.1, 0.15) is 6.61 Å². The van der Waals surface area contributed by atoms with Crippen LogP contribution >= 0.6 is 23.2 Å². The van der Waals surface area contributed by atoms with E-state index < -0.39 is 17.7 Å². The van der Waals surface area contributed by atoms with Crippen LogP contribution in [0, 0.1) is 5.92 Å². The number of halogens is 5. The SMILES string of the molecule is O=C(O)Cc1cc(Cl)c(OCc2cc(NCC3CC3)cc(C(F)(F)F)c2)c(Cl)c1. The van der Waals surface area contributed by atoms with E-state index in [0.29, 0.717) is 29.3 Å². The average Bonchev–Trinajstić information content (AvgIpc) is 3.42. The topological polar surface area (TPSA) is 58.6 Å². The fraction of sp³-hybridized carbons (Fsp3) is 0.350. The van der Waals surface area contributed by atoms with Crippen LogP contribution in [0.4, 0.5) is 18.9 Å². The Kier molecular flexibility index (Phi) is 6.49. The van der Waals surface area contributed by atoms with Crippen molar-refractivity contribution in [3.63, 3.8) is 0 Å². The third-order valence-corrected chi connectivity index (χ3v) is 4.97. The predicted molar refractivity (Wildman–Crippen MR) is 105 cm³/mol. The minimum Gasteiger partial charge on any atom is -0.486 e. The maximum atomic E-state index is 13.2. The smallest absolute Gasteiger partial charge is 0.416 e. The van der Waals surface area contributed by atoms with Gasteiger partial charge in [0.25, 0.3) is 0 Å². The number of carboxylic acids is 1. The van der Waals surface area contributed by atoms with Crippen molar-refractivity contribution < 1.29 is 27.8 Å². The molecule has 3 rings (SSSR count). The first kappa shape index (κ1) is 21.6. The normalized spacial score (nSPS) is 14.0. The van der Waals surface area contributed by atoms with Crippen LogP contribution in [-0.4, -0.2) is 17.6 Å². The van der Waals surface area contributed by atoms with Gasteiger partial charge in [0.05, 0.1) is 22.0 Å². The second kappa shape index (κ2) is 8.71. The molecule has 2 N–H and O–H groups in total. The summed E-state index contributed by atoms with van der Waals surface area (Å²) >= 11 is 12.2. The summed E-state index contributed by atoms with van der Waals surface area (Å²) < 4.78 is 45.3. The Morgan fingerprint density at radius 3 is 2.31 bits per heavy atom. The lowest BCUT2D eigenvalue weighted by atomic mass is 10.1. The quantitative estimate of drug-likeness (QED) is 0.517. The zero-order valence-corrected chi connectivity index (χ0v) is 16.7. The van der Waals surface area contributed by atoms with Gasteiger partial charge < -0.3 is 15.2 Å². The molecule has 0 aliphatic heterocycles. The Hall–Kier alpha value is -2.12.